The molecule has 0 aromatic heterocycles. The molecule has 7 heteroatoms. The van der Waals surface area contributed by atoms with E-state index in [2.05, 4.69) is 16.7 Å². The predicted octanol–water partition coefficient (Wildman–Crippen LogP) is 4.24. The summed E-state index contributed by atoms with van der Waals surface area (Å²) in [6, 6.07) is 14.2. The second kappa shape index (κ2) is 10.7. The van der Waals surface area contributed by atoms with E-state index in [1.54, 1.807) is 26.8 Å². The van der Waals surface area contributed by atoms with Crippen LogP contribution in [0, 0.1) is 33.2 Å². The first-order valence-electron chi connectivity index (χ1n) is 10.6. The van der Waals surface area contributed by atoms with Crippen LogP contribution in [-0.4, -0.2) is 35.0 Å². The van der Waals surface area contributed by atoms with Gasteiger partial charge in [0.25, 0.3) is 11.8 Å². The van der Waals surface area contributed by atoms with Crippen molar-refractivity contribution in [2.75, 3.05) is 11.9 Å². The normalized spacial score (nSPS) is 11.7. The Kier molecular flexibility index (Phi) is 8.25. The molecule has 0 radical (unpaired) electrons. The van der Waals surface area contributed by atoms with E-state index in [9.17, 15) is 14.4 Å². The highest BCUT2D eigenvalue weighted by atomic mass is 16.6. The molecule has 0 aliphatic rings. The monoisotopic (exact) mass is 449 g/mol. The van der Waals surface area contributed by atoms with Crippen molar-refractivity contribution in [1.82, 2.24) is 10.2 Å². The number of hydrogen-bond donors (Lipinski definition) is 2. The fourth-order valence-electron chi connectivity index (χ4n) is 3.39. The van der Waals surface area contributed by atoms with Crippen molar-refractivity contribution in [3.8, 4) is 12.5 Å². The second-order valence-corrected chi connectivity index (χ2v) is 8.76. The van der Waals surface area contributed by atoms with Crippen molar-refractivity contribution in [1.29, 1.82) is 0 Å². The predicted molar refractivity (Wildman–Crippen MR) is 128 cm³/mol. The average Bonchev–Trinajstić information content (AvgIpc) is 2.71. The van der Waals surface area contributed by atoms with Gasteiger partial charge in [-0.15, -0.1) is 0 Å². The summed E-state index contributed by atoms with van der Waals surface area (Å²) in [6.45, 7) is 10.3. The van der Waals surface area contributed by atoms with Crippen molar-refractivity contribution in [3.05, 3.63) is 64.7 Å². The van der Waals surface area contributed by atoms with Crippen LogP contribution in [-0.2, 0) is 14.3 Å². The van der Waals surface area contributed by atoms with Gasteiger partial charge in [0.15, 0.2) is 0 Å². The van der Waals surface area contributed by atoms with Crippen LogP contribution in [0.2, 0.25) is 0 Å². The molecule has 0 aliphatic heterocycles. The number of terminal acetylenes is 1. The van der Waals surface area contributed by atoms with Gasteiger partial charge in [-0.2, -0.15) is 0 Å². The third-order valence-corrected chi connectivity index (χ3v) is 4.92. The van der Waals surface area contributed by atoms with Gasteiger partial charge in [0.2, 0.25) is 0 Å². The highest BCUT2D eigenvalue weighted by Gasteiger charge is 2.33. The van der Waals surface area contributed by atoms with E-state index in [0.29, 0.717) is 11.3 Å². The van der Waals surface area contributed by atoms with E-state index in [1.165, 1.54) is 0 Å². The summed E-state index contributed by atoms with van der Waals surface area (Å²) in [7, 11) is 0. The number of nitrogens with one attached hydrogen (secondary N) is 2. The number of nitrogens with zero attached hydrogens (tertiary/aromatic N) is 1. The first kappa shape index (κ1) is 25.5. The van der Waals surface area contributed by atoms with Gasteiger partial charge in [-0.3, -0.25) is 14.5 Å². The van der Waals surface area contributed by atoms with Gasteiger partial charge in [0.1, 0.15) is 18.2 Å². The van der Waals surface area contributed by atoms with E-state index in [-0.39, 0.29) is 0 Å². The van der Waals surface area contributed by atoms with Crippen LogP contribution >= 0.6 is 0 Å². The third kappa shape index (κ3) is 6.84. The van der Waals surface area contributed by atoms with Crippen molar-refractivity contribution in [2.24, 2.45) is 0 Å². The van der Waals surface area contributed by atoms with Crippen molar-refractivity contribution >= 4 is 23.6 Å². The maximum absolute atomic E-state index is 13.5. The fraction of sp³-hybridized carbons (Fsp3) is 0.346. The number of benzene rings is 2. The largest absolute Gasteiger partial charge is 0.444 e. The average molecular weight is 450 g/mol. The molecular formula is C26H31N3O4. The standard InChI is InChI=1S/C26H31N3O4/c1-8-29(21(30)16-27-25(32)33-26(5,6)7)23(22-18(3)13-11-14-19(22)4)24(31)28-20-15-10-9-12-17(20)2/h1,9-15,23H,16H2,2-7H3,(H,27,32)(H,28,31). The lowest BCUT2D eigenvalue weighted by Gasteiger charge is -2.29. The van der Waals surface area contributed by atoms with Crippen LogP contribution in [0.15, 0.2) is 42.5 Å². The van der Waals surface area contributed by atoms with Crippen LogP contribution in [0.5, 0.6) is 0 Å². The van der Waals surface area contributed by atoms with E-state index in [4.69, 9.17) is 11.2 Å². The first-order chi connectivity index (χ1) is 15.4. The lowest BCUT2D eigenvalue weighted by Crippen LogP contribution is -2.44. The lowest BCUT2D eigenvalue weighted by atomic mass is 9.94. The SMILES string of the molecule is C#CN(C(=O)CNC(=O)OC(C)(C)C)C(C(=O)Nc1ccccc1C)c1c(C)cccc1C. The molecule has 0 saturated carbocycles. The summed E-state index contributed by atoms with van der Waals surface area (Å²) in [5.41, 5.74) is 3.03. The highest BCUT2D eigenvalue weighted by molar-refractivity contribution is 5.99. The lowest BCUT2D eigenvalue weighted by molar-refractivity contribution is -0.134. The van der Waals surface area contributed by atoms with E-state index < -0.39 is 36.1 Å². The molecule has 2 aromatic carbocycles. The molecule has 1 unspecified atom stereocenters. The Hall–Kier alpha value is -3.79. The zero-order valence-electron chi connectivity index (χ0n) is 20.0. The number of para-hydroxylation sites is 1. The van der Waals surface area contributed by atoms with Crippen LogP contribution in [0.25, 0.3) is 0 Å². The van der Waals surface area contributed by atoms with Crippen LogP contribution < -0.4 is 10.6 Å². The number of alkyl carbamates (subject to hydrolysis) is 1. The topological polar surface area (TPSA) is 87.7 Å². The molecular weight excluding hydrogens is 418 g/mol. The van der Waals surface area contributed by atoms with Gasteiger partial charge in [-0.1, -0.05) is 42.8 Å². The summed E-state index contributed by atoms with van der Waals surface area (Å²) >= 11 is 0. The molecule has 1 atom stereocenters. The molecule has 0 fully saturated rings. The summed E-state index contributed by atoms with van der Waals surface area (Å²) in [5.74, 6) is -1.07. The van der Waals surface area contributed by atoms with Crippen LogP contribution in [0.1, 0.15) is 49.1 Å². The molecule has 174 valence electrons. The molecule has 7 nitrogen and oxygen atoms in total. The van der Waals surface area contributed by atoms with Crippen molar-refractivity contribution in [3.63, 3.8) is 0 Å². The van der Waals surface area contributed by atoms with Crippen molar-refractivity contribution < 1.29 is 19.1 Å². The Balaban J connectivity index is 2.38. The Morgan fingerprint density at radius 2 is 1.58 bits per heavy atom. The summed E-state index contributed by atoms with van der Waals surface area (Å²) in [4.78, 5) is 39.5. The van der Waals surface area contributed by atoms with Gasteiger partial charge >= 0.3 is 6.09 Å². The van der Waals surface area contributed by atoms with E-state index in [1.807, 2.05) is 57.2 Å². The number of carbonyl (C=O) groups is 3. The van der Waals surface area contributed by atoms with Gasteiger partial charge in [-0.05, 0) is 69.9 Å². The Bertz CT molecular complexity index is 1060. The maximum Gasteiger partial charge on any atom is 0.408 e. The molecule has 0 heterocycles. The first-order valence-corrected chi connectivity index (χ1v) is 10.6. The molecule has 33 heavy (non-hydrogen) atoms. The van der Waals surface area contributed by atoms with Gasteiger partial charge in [-0.25, -0.2) is 4.79 Å². The van der Waals surface area contributed by atoms with E-state index >= 15 is 0 Å². The number of ether oxygens (including phenoxy) is 1. The molecule has 2 rings (SSSR count). The molecule has 0 saturated heterocycles. The maximum atomic E-state index is 13.5. The summed E-state index contributed by atoms with van der Waals surface area (Å²) < 4.78 is 5.17. The van der Waals surface area contributed by atoms with Gasteiger partial charge in [0, 0.05) is 11.7 Å². The number of rotatable bonds is 6. The van der Waals surface area contributed by atoms with Crippen molar-refractivity contribution in [2.45, 2.75) is 53.2 Å². The Morgan fingerprint density at radius 1 is 1.00 bits per heavy atom. The number of amides is 3. The number of carbonyl (C=O) groups excluding carboxylic acids is 3. The fourth-order valence-corrected chi connectivity index (χ4v) is 3.39. The molecule has 0 aliphatic carbocycles. The van der Waals surface area contributed by atoms with Gasteiger partial charge in [0.05, 0.1) is 0 Å². The quantitative estimate of drug-likeness (QED) is 0.510. The number of hydrogen-bond acceptors (Lipinski definition) is 4. The summed E-state index contributed by atoms with van der Waals surface area (Å²) in [5, 5.41) is 5.30. The number of anilines is 1. The minimum atomic E-state index is -1.09. The summed E-state index contributed by atoms with van der Waals surface area (Å²) in [6.07, 6.45) is 4.96. The van der Waals surface area contributed by atoms with E-state index in [0.717, 1.165) is 21.6 Å². The van der Waals surface area contributed by atoms with Crippen LogP contribution in [0.3, 0.4) is 0 Å². The molecule has 2 N–H and O–H groups in total. The smallest absolute Gasteiger partial charge is 0.408 e. The van der Waals surface area contributed by atoms with Gasteiger partial charge < -0.3 is 15.4 Å². The molecule has 3 amide bonds. The zero-order chi connectivity index (χ0) is 24.8. The second-order valence-electron chi connectivity index (χ2n) is 8.76. The number of aryl methyl sites for hydroxylation is 3. The molecule has 0 spiro atoms. The Morgan fingerprint density at radius 3 is 2.12 bits per heavy atom. The van der Waals surface area contributed by atoms with Crippen LogP contribution in [0.4, 0.5) is 10.5 Å². The molecule has 0 bridgehead atoms. The Labute approximate surface area is 195 Å². The molecule has 2 aromatic rings. The zero-order valence-corrected chi connectivity index (χ0v) is 20.0. The minimum absolute atomic E-state index is 0.418. The third-order valence-electron chi connectivity index (χ3n) is 4.92. The minimum Gasteiger partial charge on any atom is -0.444 e. The highest BCUT2D eigenvalue weighted by Crippen LogP contribution is 2.29.